The van der Waals surface area contributed by atoms with Crippen LogP contribution in [-0.2, 0) is 15.0 Å². The molecule has 0 aromatic heterocycles. The van der Waals surface area contributed by atoms with Crippen LogP contribution < -0.4 is 0 Å². The van der Waals surface area contributed by atoms with E-state index in [4.69, 9.17) is 0 Å². The molecule has 0 atom stereocenters. The van der Waals surface area contributed by atoms with Gasteiger partial charge in [0.1, 0.15) is 6.61 Å². The number of ether oxygens (including phenoxy) is 1. The first-order valence-electron chi connectivity index (χ1n) is 2.12. The molecule has 0 bridgehead atoms. The van der Waals surface area contributed by atoms with Crippen molar-refractivity contribution in [2.45, 2.75) is 5.25 Å². The monoisotopic (exact) mass is 178 g/mol. The summed E-state index contributed by atoms with van der Waals surface area (Å²) in [6.45, 7) is -1.47. The molecule has 0 radical (unpaired) electrons. The smallest absolute Gasteiger partial charge is 0.377 e. The fraction of sp³-hybridized carbons (Fsp3) is 1.00. The molecule has 0 aromatic carbocycles. The highest BCUT2D eigenvalue weighted by Gasteiger charge is 2.45. The van der Waals surface area contributed by atoms with Crippen LogP contribution in [-0.4, -0.2) is 27.4 Å². The first kappa shape index (κ1) is 9.70. The second-order valence-corrected chi connectivity index (χ2v) is 2.98. The summed E-state index contributed by atoms with van der Waals surface area (Å²) in [5.41, 5.74) is 0. The van der Waals surface area contributed by atoms with Crippen LogP contribution in [0.15, 0.2) is 0 Å². The first-order chi connectivity index (χ1) is 4.31. The van der Waals surface area contributed by atoms with Crippen molar-refractivity contribution < 1.29 is 25.8 Å². The third-order valence-corrected chi connectivity index (χ3v) is 1.50. The van der Waals surface area contributed by atoms with Crippen LogP contribution in [0.3, 0.4) is 0 Å². The number of hydrogen-bond acceptors (Lipinski definition) is 3. The van der Waals surface area contributed by atoms with Gasteiger partial charge in [-0.2, -0.15) is 17.2 Å². The summed E-state index contributed by atoms with van der Waals surface area (Å²) in [6.07, 6.45) is 0. The number of halogens is 3. The minimum Gasteiger partial charge on any atom is -0.377 e. The van der Waals surface area contributed by atoms with Crippen molar-refractivity contribution in [2.24, 2.45) is 0 Å². The molecule has 0 aliphatic rings. The fourth-order valence-corrected chi connectivity index (χ4v) is 0.497. The molecule has 0 aliphatic heterocycles. The van der Waals surface area contributed by atoms with Crippen LogP contribution in [0.2, 0.25) is 0 Å². The molecular formula is C3H5F3O3S. The second kappa shape index (κ2) is 2.75. The highest BCUT2D eigenvalue weighted by molar-refractivity contribution is 7.87. The zero-order valence-corrected chi connectivity index (χ0v) is 5.79. The normalized spacial score (nSPS) is 13.6. The van der Waals surface area contributed by atoms with E-state index in [1.807, 2.05) is 0 Å². The predicted molar refractivity (Wildman–Crippen MR) is 26.9 cm³/mol. The second-order valence-electron chi connectivity index (χ2n) is 1.51. The molecule has 0 unspecified atom stereocenters. The highest BCUT2D eigenvalue weighted by atomic mass is 32.3. The van der Waals surface area contributed by atoms with E-state index in [1.165, 1.54) is 0 Å². The standard InChI is InChI=1S/C3H5F3O3S/c1-9-2-3(4,5)10(6,7)8/h2H2,1H3. The zero-order valence-electron chi connectivity index (χ0n) is 4.97. The molecule has 0 saturated heterocycles. The highest BCUT2D eigenvalue weighted by Crippen LogP contribution is 2.22. The van der Waals surface area contributed by atoms with Gasteiger partial charge in [-0.3, -0.25) is 0 Å². The Labute approximate surface area is 56.0 Å². The topological polar surface area (TPSA) is 43.4 Å². The van der Waals surface area contributed by atoms with Crippen molar-refractivity contribution in [1.82, 2.24) is 0 Å². The number of hydrogen-bond donors (Lipinski definition) is 0. The lowest BCUT2D eigenvalue weighted by Crippen LogP contribution is -2.30. The van der Waals surface area contributed by atoms with E-state index in [0.717, 1.165) is 7.11 Å². The van der Waals surface area contributed by atoms with E-state index in [2.05, 4.69) is 4.74 Å². The van der Waals surface area contributed by atoms with E-state index in [1.54, 1.807) is 0 Å². The van der Waals surface area contributed by atoms with Crippen molar-refractivity contribution in [3.8, 4) is 0 Å². The van der Waals surface area contributed by atoms with Gasteiger partial charge < -0.3 is 4.74 Å². The van der Waals surface area contributed by atoms with Crippen LogP contribution in [0.25, 0.3) is 0 Å². The molecule has 0 N–H and O–H groups in total. The van der Waals surface area contributed by atoms with Gasteiger partial charge in [0.25, 0.3) is 0 Å². The summed E-state index contributed by atoms with van der Waals surface area (Å²) in [4.78, 5) is 0. The van der Waals surface area contributed by atoms with E-state index in [9.17, 15) is 21.1 Å². The minimum atomic E-state index is -5.82. The summed E-state index contributed by atoms with van der Waals surface area (Å²) in [5.74, 6) is 0. The van der Waals surface area contributed by atoms with Crippen molar-refractivity contribution in [3.05, 3.63) is 0 Å². The summed E-state index contributed by atoms with van der Waals surface area (Å²) < 4.78 is 58.0. The van der Waals surface area contributed by atoms with Crippen LogP contribution in [0.5, 0.6) is 0 Å². The molecule has 10 heavy (non-hydrogen) atoms. The maximum absolute atomic E-state index is 11.8. The molecule has 3 nitrogen and oxygen atoms in total. The molecule has 0 heterocycles. The Morgan fingerprint density at radius 2 is 1.90 bits per heavy atom. The van der Waals surface area contributed by atoms with Crippen LogP contribution >= 0.6 is 0 Å². The quantitative estimate of drug-likeness (QED) is 0.592. The lowest BCUT2D eigenvalue weighted by Gasteiger charge is -2.08. The van der Waals surface area contributed by atoms with Crippen molar-refractivity contribution >= 4 is 10.2 Å². The Balaban J connectivity index is 4.42. The van der Waals surface area contributed by atoms with E-state index in [0.29, 0.717) is 0 Å². The fourth-order valence-electron chi connectivity index (χ4n) is 0.238. The van der Waals surface area contributed by atoms with Gasteiger partial charge in [0, 0.05) is 7.11 Å². The van der Waals surface area contributed by atoms with Crippen LogP contribution in [0, 0.1) is 0 Å². The predicted octanol–water partition coefficient (Wildman–Crippen LogP) is 0.525. The Morgan fingerprint density at radius 1 is 1.50 bits per heavy atom. The molecule has 0 spiro atoms. The Morgan fingerprint density at radius 3 is 2.00 bits per heavy atom. The molecule has 0 fully saturated rings. The molecule has 0 amide bonds. The van der Waals surface area contributed by atoms with E-state index < -0.39 is 22.1 Å². The average molecular weight is 178 g/mol. The van der Waals surface area contributed by atoms with Gasteiger partial charge in [-0.15, -0.1) is 0 Å². The minimum absolute atomic E-state index is 0.846. The third-order valence-electron chi connectivity index (χ3n) is 0.669. The Kier molecular flexibility index (Phi) is 2.67. The van der Waals surface area contributed by atoms with Crippen LogP contribution in [0.1, 0.15) is 0 Å². The van der Waals surface area contributed by atoms with E-state index in [-0.39, 0.29) is 0 Å². The lowest BCUT2D eigenvalue weighted by atomic mass is 10.8. The number of methoxy groups -OCH3 is 1. The number of alkyl halides is 2. The summed E-state index contributed by atoms with van der Waals surface area (Å²) in [6, 6.07) is 0. The molecule has 0 aromatic rings. The van der Waals surface area contributed by atoms with Gasteiger partial charge in [0.15, 0.2) is 0 Å². The maximum Gasteiger partial charge on any atom is 0.396 e. The molecule has 7 heteroatoms. The summed E-state index contributed by atoms with van der Waals surface area (Å²) in [5, 5.41) is -4.43. The van der Waals surface area contributed by atoms with Gasteiger partial charge in [0.05, 0.1) is 0 Å². The maximum atomic E-state index is 11.8. The molecule has 62 valence electrons. The summed E-state index contributed by atoms with van der Waals surface area (Å²) in [7, 11) is -4.98. The lowest BCUT2D eigenvalue weighted by molar-refractivity contribution is 0.00117. The Hall–Kier alpha value is -0.300. The molecule has 0 aliphatic carbocycles. The van der Waals surface area contributed by atoms with Gasteiger partial charge >= 0.3 is 15.5 Å². The van der Waals surface area contributed by atoms with Crippen molar-refractivity contribution in [3.63, 3.8) is 0 Å². The third kappa shape index (κ3) is 2.14. The zero-order chi connectivity index (χ0) is 8.41. The van der Waals surface area contributed by atoms with Gasteiger partial charge in [-0.25, -0.2) is 0 Å². The Bertz CT molecular complexity index is 197. The van der Waals surface area contributed by atoms with E-state index >= 15 is 0 Å². The average Bonchev–Trinajstić information content (AvgIpc) is 1.61. The van der Waals surface area contributed by atoms with Crippen molar-refractivity contribution in [2.75, 3.05) is 13.7 Å². The first-order valence-corrected chi connectivity index (χ1v) is 3.50. The van der Waals surface area contributed by atoms with Gasteiger partial charge in [0.2, 0.25) is 0 Å². The molecular weight excluding hydrogens is 173 g/mol. The van der Waals surface area contributed by atoms with Crippen molar-refractivity contribution in [1.29, 1.82) is 0 Å². The molecule has 0 saturated carbocycles. The molecule has 0 rings (SSSR count). The summed E-state index contributed by atoms with van der Waals surface area (Å²) >= 11 is 0. The van der Waals surface area contributed by atoms with Gasteiger partial charge in [-0.1, -0.05) is 3.89 Å². The van der Waals surface area contributed by atoms with Gasteiger partial charge in [-0.05, 0) is 0 Å². The SMILES string of the molecule is COCC(F)(F)S(=O)(=O)F. The van der Waals surface area contributed by atoms with Crippen LogP contribution in [0.4, 0.5) is 12.7 Å². The number of rotatable bonds is 3. The largest absolute Gasteiger partial charge is 0.396 e.